The average molecular weight is 413 g/mol. The first-order valence-corrected chi connectivity index (χ1v) is 10.4. The van der Waals surface area contributed by atoms with E-state index in [1.807, 2.05) is 0 Å². The van der Waals surface area contributed by atoms with Gasteiger partial charge in [-0.25, -0.2) is 8.42 Å². The van der Waals surface area contributed by atoms with E-state index < -0.39 is 16.1 Å². The summed E-state index contributed by atoms with van der Waals surface area (Å²) in [6.07, 6.45) is 1.98. The highest BCUT2D eigenvalue weighted by Gasteiger charge is 2.37. The highest BCUT2D eigenvalue weighted by Crippen LogP contribution is 2.27. The summed E-state index contributed by atoms with van der Waals surface area (Å²) >= 11 is 11.8. The monoisotopic (exact) mass is 412 g/mol. The molecule has 3 rings (SSSR count). The van der Waals surface area contributed by atoms with Gasteiger partial charge in [0.25, 0.3) is 0 Å². The molecule has 0 saturated carbocycles. The number of benzene rings is 2. The smallest absolute Gasteiger partial charge is 0.243 e. The van der Waals surface area contributed by atoms with Crippen LogP contribution in [0.3, 0.4) is 0 Å². The second-order valence-electron chi connectivity index (χ2n) is 6.08. The van der Waals surface area contributed by atoms with Crippen LogP contribution in [0, 0.1) is 0 Å². The molecule has 1 aliphatic heterocycles. The van der Waals surface area contributed by atoms with Crippen molar-refractivity contribution in [3.63, 3.8) is 0 Å². The van der Waals surface area contributed by atoms with Crippen LogP contribution < -0.4 is 5.32 Å². The number of rotatable bonds is 4. The molecule has 26 heavy (non-hydrogen) atoms. The van der Waals surface area contributed by atoms with Gasteiger partial charge in [-0.15, -0.1) is 0 Å². The third-order valence-corrected chi connectivity index (χ3v) is 6.68. The van der Waals surface area contributed by atoms with E-state index in [0.717, 1.165) is 6.42 Å². The summed E-state index contributed by atoms with van der Waals surface area (Å²) in [5, 5.41) is 3.72. The summed E-state index contributed by atoms with van der Waals surface area (Å²) in [4.78, 5) is 12.9. The fraction of sp³-hybridized carbons (Fsp3) is 0.278. The van der Waals surface area contributed by atoms with Crippen LogP contribution in [0.1, 0.15) is 19.3 Å². The summed E-state index contributed by atoms with van der Waals surface area (Å²) in [7, 11) is -3.79. The Morgan fingerprint density at radius 1 is 1.04 bits per heavy atom. The number of nitrogens with one attached hydrogen (secondary N) is 1. The number of anilines is 1. The Hall–Kier alpha value is -1.60. The first-order chi connectivity index (χ1) is 12.4. The minimum Gasteiger partial charge on any atom is -0.325 e. The lowest BCUT2D eigenvalue weighted by atomic mass is 10.0. The number of hydrogen-bond acceptors (Lipinski definition) is 3. The topological polar surface area (TPSA) is 66.5 Å². The molecule has 0 aromatic heterocycles. The Morgan fingerprint density at radius 3 is 2.46 bits per heavy atom. The Morgan fingerprint density at radius 2 is 1.77 bits per heavy atom. The summed E-state index contributed by atoms with van der Waals surface area (Å²) in [5.74, 6) is -0.357. The van der Waals surface area contributed by atoms with Gasteiger partial charge in [-0.05, 0) is 55.3 Å². The molecule has 138 valence electrons. The van der Waals surface area contributed by atoms with Gasteiger partial charge in [0.15, 0.2) is 0 Å². The van der Waals surface area contributed by atoms with Crippen LogP contribution >= 0.6 is 23.2 Å². The number of nitrogens with zero attached hydrogens (tertiary/aromatic N) is 1. The van der Waals surface area contributed by atoms with Gasteiger partial charge in [-0.1, -0.05) is 35.7 Å². The maximum Gasteiger partial charge on any atom is 0.243 e. The van der Waals surface area contributed by atoms with E-state index in [9.17, 15) is 13.2 Å². The van der Waals surface area contributed by atoms with Crippen molar-refractivity contribution in [2.45, 2.75) is 30.2 Å². The van der Waals surface area contributed by atoms with Crippen molar-refractivity contribution in [3.05, 3.63) is 58.6 Å². The summed E-state index contributed by atoms with van der Waals surface area (Å²) in [6, 6.07) is 12.0. The maximum absolute atomic E-state index is 13.0. The Balaban J connectivity index is 1.85. The number of hydrogen-bond donors (Lipinski definition) is 1. The van der Waals surface area contributed by atoms with Crippen molar-refractivity contribution in [3.8, 4) is 0 Å². The molecule has 2 aromatic rings. The second kappa shape index (κ2) is 7.96. The normalized spacial score (nSPS) is 18.5. The van der Waals surface area contributed by atoms with Gasteiger partial charge in [0.05, 0.1) is 4.90 Å². The highest BCUT2D eigenvalue weighted by atomic mass is 35.5. The molecular formula is C18H18Cl2N2O3S. The number of carbonyl (C=O) groups is 1. The van der Waals surface area contributed by atoms with Crippen molar-refractivity contribution in [2.24, 2.45) is 0 Å². The van der Waals surface area contributed by atoms with Gasteiger partial charge in [-0.2, -0.15) is 4.31 Å². The molecule has 1 N–H and O–H groups in total. The summed E-state index contributed by atoms with van der Waals surface area (Å²) in [5.41, 5.74) is 0.539. The van der Waals surface area contributed by atoms with Crippen LogP contribution in [-0.2, 0) is 14.8 Å². The number of amides is 1. The molecule has 8 heteroatoms. The molecule has 1 amide bonds. The van der Waals surface area contributed by atoms with E-state index in [2.05, 4.69) is 5.32 Å². The molecule has 0 aliphatic carbocycles. The van der Waals surface area contributed by atoms with Crippen molar-refractivity contribution < 1.29 is 13.2 Å². The van der Waals surface area contributed by atoms with Gasteiger partial charge in [0.1, 0.15) is 6.04 Å². The minimum absolute atomic E-state index is 0.129. The lowest BCUT2D eigenvalue weighted by Crippen LogP contribution is -2.49. The average Bonchev–Trinajstić information content (AvgIpc) is 2.62. The quantitative estimate of drug-likeness (QED) is 0.818. The molecule has 1 saturated heterocycles. The Labute approximate surface area is 163 Å². The predicted molar refractivity (Wildman–Crippen MR) is 103 cm³/mol. The molecule has 1 aliphatic rings. The Bertz CT molecular complexity index is 901. The number of carbonyl (C=O) groups excluding carboxylic acids is 1. The fourth-order valence-corrected chi connectivity index (χ4v) is 4.96. The zero-order valence-corrected chi connectivity index (χ0v) is 16.2. The zero-order valence-electron chi connectivity index (χ0n) is 13.9. The van der Waals surface area contributed by atoms with Gasteiger partial charge in [0, 0.05) is 22.3 Å². The van der Waals surface area contributed by atoms with Crippen LogP contribution in [0.5, 0.6) is 0 Å². The molecule has 1 heterocycles. The molecule has 0 spiro atoms. The van der Waals surface area contributed by atoms with Gasteiger partial charge in [0.2, 0.25) is 15.9 Å². The number of piperidine rings is 1. The van der Waals surface area contributed by atoms with Crippen LogP contribution in [-0.4, -0.2) is 31.2 Å². The first-order valence-electron chi connectivity index (χ1n) is 8.22. The van der Waals surface area contributed by atoms with E-state index >= 15 is 0 Å². The summed E-state index contributed by atoms with van der Waals surface area (Å²) in [6.45, 7) is 0.304. The van der Waals surface area contributed by atoms with Crippen molar-refractivity contribution in [1.82, 2.24) is 4.31 Å². The predicted octanol–water partition coefficient (Wildman–Crippen LogP) is 4.18. The molecule has 1 fully saturated rings. The van der Waals surface area contributed by atoms with Gasteiger partial charge >= 0.3 is 0 Å². The van der Waals surface area contributed by atoms with Crippen molar-refractivity contribution in [2.75, 3.05) is 11.9 Å². The van der Waals surface area contributed by atoms with Crippen molar-refractivity contribution in [1.29, 1.82) is 0 Å². The van der Waals surface area contributed by atoms with Crippen molar-refractivity contribution >= 4 is 44.8 Å². The second-order valence-corrected chi connectivity index (χ2v) is 8.84. The summed E-state index contributed by atoms with van der Waals surface area (Å²) < 4.78 is 27.3. The van der Waals surface area contributed by atoms with Gasteiger partial charge < -0.3 is 5.32 Å². The molecule has 0 radical (unpaired) electrons. The third kappa shape index (κ3) is 4.20. The molecule has 1 unspecified atom stereocenters. The first kappa shape index (κ1) is 19.2. The Kier molecular flexibility index (Phi) is 5.87. The molecular weight excluding hydrogens is 395 g/mol. The molecule has 5 nitrogen and oxygen atoms in total. The number of sulfonamides is 1. The lowest BCUT2D eigenvalue weighted by Gasteiger charge is -2.33. The fourth-order valence-electron chi connectivity index (χ4n) is 2.99. The van der Waals surface area contributed by atoms with Crippen LogP contribution in [0.2, 0.25) is 10.0 Å². The minimum atomic E-state index is -3.79. The van der Waals surface area contributed by atoms with E-state index in [1.54, 1.807) is 24.3 Å². The maximum atomic E-state index is 13.0. The van der Waals surface area contributed by atoms with Crippen LogP contribution in [0.15, 0.2) is 53.4 Å². The van der Waals surface area contributed by atoms with E-state index in [4.69, 9.17) is 23.2 Å². The van der Waals surface area contributed by atoms with Gasteiger partial charge in [-0.3, -0.25) is 4.79 Å². The van der Waals surface area contributed by atoms with Crippen LogP contribution in [0.25, 0.3) is 0 Å². The molecule has 0 bridgehead atoms. The van der Waals surface area contributed by atoms with E-state index in [1.165, 1.54) is 28.6 Å². The lowest BCUT2D eigenvalue weighted by molar-refractivity contribution is -0.120. The molecule has 2 aromatic carbocycles. The van der Waals surface area contributed by atoms with Crippen LogP contribution in [0.4, 0.5) is 5.69 Å². The van der Waals surface area contributed by atoms with E-state index in [-0.39, 0.29) is 10.8 Å². The SMILES string of the molecule is O=C(Nc1cccc(Cl)c1)C1CCCCN1S(=O)(=O)c1ccc(Cl)cc1. The zero-order chi connectivity index (χ0) is 18.7. The molecule has 1 atom stereocenters. The number of halogens is 2. The largest absolute Gasteiger partial charge is 0.325 e. The van der Waals surface area contributed by atoms with E-state index in [0.29, 0.717) is 35.1 Å². The third-order valence-electron chi connectivity index (χ3n) is 4.27. The standard InChI is InChI=1S/C18H18Cl2N2O3S/c19-13-7-9-16(10-8-13)26(24,25)22-11-2-1-6-17(22)18(23)21-15-5-3-4-14(20)12-15/h3-5,7-10,12,17H,1-2,6,11H2,(H,21,23). The highest BCUT2D eigenvalue weighted by molar-refractivity contribution is 7.89.